The van der Waals surface area contributed by atoms with Gasteiger partial charge in [0.05, 0.1) is 22.4 Å². The largest absolute Gasteiger partial charge is 0.308 e. The molecule has 0 radical (unpaired) electrons. The van der Waals surface area contributed by atoms with Crippen molar-refractivity contribution in [1.82, 2.24) is 19.3 Å². The molecule has 0 saturated carbocycles. The fourth-order valence-electron chi connectivity index (χ4n) is 3.33. The Hall–Kier alpha value is -2.06. The summed E-state index contributed by atoms with van der Waals surface area (Å²) in [5.41, 5.74) is 5.19. The SMILES string of the molecule is Cc1nn(C)c(C)c1C1SCC(=O)Nc2ncn(-c3cccc(Br)c3)c21. The molecule has 8 heteroatoms. The van der Waals surface area contributed by atoms with E-state index < -0.39 is 0 Å². The lowest BCUT2D eigenvalue weighted by molar-refractivity contribution is -0.113. The minimum Gasteiger partial charge on any atom is -0.308 e. The number of aryl methyl sites for hydroxylation is 2. The molecule has 134 valence electrons. The van der Waals surface area contributed by atoms with E-state index in [-0.39, 0.29) is 11.2 Å². The first-order valence-corrected chi connectivity index (χ1v) is 10.0. The summed E-state index contributed by atoms with van der Waals surface area (Å²) < 4.78 is 4.94. The average Bonchev–Trinajstić information content (AvgIpc) is 3.06. The molecular formula is C18H18BrN5OS. The summed E-state index contributed by atoms with van der Waals surface area (Å²) >= 11 is 5.14. The van der Waals surface area contributed by atoms with Gasteiger partial charge in [0.25, 0.3) is 0 Å². The number of halogens is 1. The van der Waals surface area contributed by atoms with Gasteiger partial charge in [-0.3, -0.25) is 14.0 Å². The van der Waals surface area contributed by atoms with Crippen LogP contribution < -0.4 is 5.32 Å². The van der Waals surface area contributed by atoms with Gasteiger partial charge < -0.3 is 5.32 Å². The molecule has 0 aliphatic carbocycles. The fraction of sp³-hybridized carbons (Fsp3) is 0.278. The summed E-state index contributed by atoms with van der Waals surface area (Å²) in [6, 6.07) is 8.05. The fourth-order valence-corrected chi connectivity index (χ4v) is 5.00. The van der Waals surface area contributed by atoms with Crippen LogP contribution in [-0.2, 0) is 11.8 Å². The number of carbonyl (C=O) groups excluding carboxylic acids is 1. The highest BCUT2D eigenvalue weighted by atomic mass is 79.9. The van der Waals surface area contributed by atoms with Gasteiger partial charge in [-0.05, 0) is 32.0 Å². The molecule has 1 aromatic carbocycles. The zero-order valence-electron chi connectivity index (χ0n) is 14.7. The van der Waals surface area contributed by atoms with Gasteiger partial charge in [-0.25, -0.2) is 4.98 Å². The van der Waals surface area contributed by atoms with Crippen LogP contribution in [0.15, 0.2) is 35.1 Å². The predicted octanol–water partition coefficient (Wildman–Crippen LogP) is 3.76. The van der Waals surface area contributed by atoms with Crippen molar-refractivity contribution in [1.29, 1.82) is 0 Å². The normalized spacial score (nSPS) is 16.9. The van der Waals surface area contributed by atoms with Gasteiger partial charge >= 0.3 is 0 Å². The Balaban J connectivity index is 1.94. The van der Waals surface area contributed by atoms with Gasteiger partial charge in [-0.1, -0.05) is 22.0 Å². The maximum absolute atomic E-state index is 12.2. The van der Waals surface area contributed by atoms with Crippen molar-refractivity contribution < 1.29 is 4.79 Å². The minimum atomic E-state index is -0.0301. The Morgan fingerprint density at radius 3 is 2.85 bits per heavy atom. The van der Waals surface area contributed by atoms with E-state index in [9.17, 15) is 4.79 Å². The average molecular weight is 432 g/mol. The number of rotatable bonds is 2. The molecule has 0 saturated heterocycles. The van der Waals surface area contributed by atoms with Crippen LogP contribution >= 0.6 is 27.7 Å². The smallest absolute Gasteiger partial charge is 0.235 e. The van der Waals surface area contributed by atoms with Gasteiger partial charge in [0.15, 0.2) is 5.82 Å². The molecule has 3 aromatic rings. The number of nitrogens with zero attached hydrogens (tertiary/aromatic N) is 4. The standard InChI is InChI=1S/C18H18BrN5OS/c1-10-15(11(2)23(3)22-10)17-16-18(21-14(25)8-26-17)20-9-24(16)13-6-4-5-12(19)7-13/h4-7,9,17H,8H2,1-3H3,(H,21,25). The minimum absolute atomic E-state index is 0.0286. The van der Waals surface area contributed by atoms with E-state index in [0.717, 1.165) is 32.8 Å². The Kier molecular flexibility index (Phi) is 4.40. The van der Waals surface area contributed by atoms with Crippen LogP contribution in [-0.4, -0.2) is 31.0 Å². The first-order chi connectivity index (χ1) is 12.5. The van der Waals surface area contributed by atoms with Crippen LogP contribution in [0.25, 0.3) is 5.69 Å². The van der Waals surface area contributed by atoms with E-state index in [2.05, 4.69) is 42.8 Å². The molecule has 0 bridgehead atoms. The highest BCUT2D eigenvalue weighted by molar-refractivity contribution is 9.10. The van der Waals surface area contributed by atoms with Crippen LogP contribution in [0.1, 0.15) is 27.9 Å². The van der Waals surface area contributed by atoms with Crippen molar-refractivity contribution in [2.45, 2.75) is 19.1 Å². The molecule has 1 N–H and O–H groups in total. The maximum Gasteiger partial charge on any atom is 0.235 e. The lowest BCUT2D eigenvalue weighted by Crippen LogP contribution is -2.12. The summed E-state index contributed by atoms with van der Waals surface area (Å²) in [7, 11) is 1.95. The van der Waals surface area contributed by atoms with Crippen LogP contribution in [0.2, 0.25) is 0 Å². The molecule has 1 aliphatic heterocycles. The molecule has 6 nitrogen and oxygen atoms in total. The number of hydrogen-bond donors (Lipinski definition) is 1. The Morgan fingerprint density at radius 2 is 2.15 bits per heavy atom. The van der Waals surface area contributed by atoms with Crippen molar-refractivity contribution in [3.63, 3.8) is 0 Å². The first kappa shape index (κ1) is 17.4. The van der Waals surface area contributed by atoms with E-state index in [1.807, 2.05) is 42.9 Å². The molecule has 26 heavy (non-hydrogen) atoms. The molecule has 1 aliphatic rings. The number of thioether (sulfide) groups is 1. The number of benzene rings is 1. The predicted molar refractivity (Wildman–Crippen MR) is 107 cm³/mol. The van der Waals surface area contributed by atoms with Gasteiger partial charge in [0, 0.05) is 28.5 Å². The lowest BCUT2D eigenvalue weighted by atomic mass is 10.1. The third-order valence-corrected chi connectivity index (χ3v) is 6.32. The van der Waals surface area contributed by atoms with Gasteiger partial charge in [-0.15, -0.1) is 11.8 Å². The van der Waals surface area contributed by atoms with E-state index in [4.69, 9.17) is 0 Å². The molecule has 2 aromatic heterocycles. The highest BCUT2D eigenvalue weighted by Crippen LogP contribution is 2.44. The third-order valence-electron chi connectivity index (χ3n) is 4.61. The quantitative estimate of drug-likeness (QED) is 0.670. The summed E-state index contributed by atoms with van der Waals surface area (Å²) in [6.45, 7) is 4.08. The summed E-state index contributed by atoms with van der Waals surface area (Å²) in [5, 5.41) is 7.48. The van der Waals surface area contributed by atoms with Crippen LogP contribution in [0.3, 0.4) is 0 Å². The first-order valence-electron chi connectivity index (χ1n) is 8.20. The molecule has 1 unspecified atom stereocenters. The number of amides is 1. The van der Waals surface area contributed by atoms with Crippen molar-refractivity contribution in [2.24, 2.45) is 7.05 Å². The molecule has 1 amide bonds. The number of anilines is 1. The number of aromatic nitrogens is 4. The Labute approximate surface area is 164 Å². The molecule has 4 rings (SSSR count). The Bertz CT molecular complexity index is 1010. The van der Waals surface area contributed by atoms with E-state index in [0.29, 0.717) is 11.6 Å². The molecular weight excluding hydrogens is 414 g/mol. The highest BCUT2D eigenvalue weighted by Gasteiger charge is 2.32. The second-order valence-corrected chi connectivity index (χ2v) is 8.28. The van der Waals surface area contributed by atoms with Gasteiger partial charge in [0.2, 0.25) is 5.91 Å². The summed E-state index contributed by atoms with van der Waals surface area (Å²) in [4.78, 5) is 16.7. The Morgan fingerprint density at radius 1 is 1.35 bits per heavy atom. The molecule has 0 fully saturated rings. The number of hydrogen-bond acceptors (Lipinski definition) is 4. The second-order valence-electron chi connectivity index (χ2n) is 6.28. The summed E-state index contributed by atoms with van der Waals surface area (Å²) in [6.07, 6.45) is 1.77. The van der Waals surface area contributed by atoms with Crippen molar-refractivity contribution >= 4 is 39.4 Å². The molecule has 3 heterocycles. The topological polar surface area (TPSA) is 64.7 Å². The van der Waals surface area contributed by atoms with E-state index >= 15 is 0 Å². The van der Waals surface area contributed by atoms with Crippen molar-refractivity contribution in [2.75, 3.05) is 11.1 Å². The van der Waals surface area contributed by atoms with Crippen LogP contribution in [0.5, 0.6) is 0 Å². The second kappa shape index (κ2) is 6.59. The van der Waals surface area contributed by atoms with Crippen LogP contribution in [0, 0.1) is 13.8 Å². The molecule has 1 atom stereocenters. The third kappa shape index (κ3) is 2.87. The van der Waals surface area contributed by atoms with Gasteiger partial charge in [-0.2, -0.15) is 5.10 Å². The van der Waals surface area contributed by atoms with Crippen LogP contribution in [0.4, 0.5) is 5.82 Å². The molecule has 0 spiro atoms. The number of carbonyl (C=O) groups is 1. The zero-order valence-corrected chi connectivity index (χ0v) is 17.1. The maximum atomic E-state index is 12.2. The number of imidazole rings is 1. The van der Waals surface area contributed by atoms with Crippen molar-refractivity contribution in [3.05, 3.63) is 57.7 Å². The zero-order chi connectivity index (χ0) is 18.4. The monoisotopic (exact) mass is 431 g/mol. The number of nitrogens with one attached hydrogen (secondary N) is 1. The van der Waals surface area contributed by atoms with E-state index in [1.54, 1.807) is 18.1 Å². The summed E-state index contributed by atoms with van der Waals surface area (Å²) in [5.74, 6) is 0.970. The van der Waals surface area contributed by atoms with Crippen molar-refractivity contribution in [3.8, 4) is 5.69 Å². The van der Waals surface area contributed by atoms with E-state index in [1.165, 1.54) is 0 Å². The lowest BCUT2D eigenvalue weighted by Gasteiger charge is -2.18. The number of fused-ring (bicyclic) bond motifs is 1. The van der Waals surface area contributed by atoms with Gasteiger partial charge in [0.1, 0.15) is 6.33 Å².